The maximum Gasteiger partial charge on any atom is -0.0105 e. The van der Waals surface area contributed by atoms with E-state index in [2.05, 4.69) is 60.7 Å². The van der Waals surface area contributed by atoms with Crippen molar-refractivity contribution in [3.8, 4) is 0 Å². The van der Waals surface area contributed by atoms with Crippen molar-refractivity contribution in [2.45, 2.75) is 0 Å². The zero-order chi connectivity index (χ0) is 9.38. The summed E-state index contributed by atoms with van der Waals surface area (Å²) in [7, 11) is 0. The molecule has 0 aliphatic carbocycles. The van der Waals surface area contributed by atoms with Crippen molar-refractivity contribution in [1.29, 1.82) is 0 Å². The van der Waals surface area contributed by atoms with Crippen LogP contribution in [0, 0.1) is 0 Å². The fourth-order valence-electron chi connectivity index (χ4n) is 1.95. The van der Waals surface area contributed by atoms with E-state index in [0.717, 1.165) is 0 Å². The van der Waals surface area contributed by atoms with Gasteiger partial charge in [-0.05, 0) is 21.5 Å². The molecule has 3 aromatic carbocycles. The van der Waals surface area contributed by atoms with Gasteiger partial charge in [0.05, 0.1) is 0 Å². The van der Waals surface area contributed by atoms with Crippen molar-refractivity contribution in [3.63, 3.8) is 0 Å². The maximum absolute atomic E-state index is 2.18. The van der Waals surface area contributed by atoms with Crippen LogP contribution < -0.4 is 0 Å². The molecule has 0 radical (unpaired) electrons. The van der Waals surface area contributed by atoms with E-state index in [4.69, 9.17) is 0 Å². The summed E-state index contributed by atoms with van der Waals surface area (Å²) in [5.41, 5.74) is 0. The largest absolute Gasteiger partial charge is 0.0616 e. The molecule has 0 atom stereocenters. The van der Waals surface area contributed by atoms with E-state index in [1.807, 2.05) is 0 Å². The molecular formula is C14H12Na2. The first-order valence-electron chi connectivity index (χ1n) is 4.82. The summed E-state index contributed by atoms with van der Waals surface area (Å²) in [6.45, 7) is 0. The predicted octanol–water partition coefficient (Wildman–Crippen LogP) is 2.70. The van der Waals surface area contributed by atoms with E-state index in [9.17, 15) is 0 Å². The van der Waals surface area contributed by atoms with Crippen LogP contribution in [0.25, 0.3) is 21.5 Å². The Morgan fingerprint density at radius 1 is 0.438 bits per heavy atom. The van der Waals surface area contributed by atoms with Crippen LogP contribution in [0.4, 0.5) is 0 Å². The van der Waals surface area contributed by atoms with Crippen LogP contribution in [0.3, 0.4) is 0 Å². The Balaban J connectivity index is 0.000000640. The van der Waals surface area contributed by atoms with E-state index in [-0.39, 0.29) is 59.1 Å². The molecule has 0 bridgehead atoms. The van der Waals surface area contributed by atoms with Crippen LogP contribution in [-0.2, 0) is 0 Å². The minimum absolute atomic E-state index is 0. The van der Waals surface area contributed by atoms with Crippen LogP contribution in [-0.4, -0.2) is 59.1 Å². The summed E-state index contributed by atoms with van der Waals surface area (Å²) in [5, 5.41) is 5.30. The number of benzene rings is 3. The van der Waals surface area contributed by atoms with Crippen LogP contribution in [0.2, 0.25) is 0 Å². The van der Waals surface area contributed by atoms with Crippen molar-refractivity contribution in [2.24, 2.45) is 0 Å². The minimum atomic E-state index is 0. The van der Waals surface area contributed by atoms with Gasteiger partial charge in [-0.15, -0.1) is 0 Å². The van der Waals surface area contributed by atoms with Crippen molar-refractivity contribution < 1.29 is 0 Å². The molecule has 70 valence electrons. The quantitative estimate of drug-likeness (QED) is 0.408. The Bertz CT molecular complexity index is 548. The van der Waals surface area contributed by atoms with Crippen LogP contribution in [0.1, 0.15) is 0 Å². The van der Waals surface area contributed by atoms with Crippen LogP contribution in [0.5, 0.6) is 0 Å². The zero-order valence-corrected chi connectivity index (χ0v) is 7.77. The van der Waals surface area contributed by atoms with Crippen molar-refractivity contribution in [1.82, 2.24) is 0 Å². The molecule has 16 heavy (non-hydrogen) atoms. The van der Waals surface area contributed by atoms with E-state index >= 15 is 0 Å². The molecule has 0 heterocycles. The average molecular weight is 226 g/mol. The third-order valence-electron chi connectivity index (χ3n) is 2.65. The predicted molar refractivity (Wildman–Crippen MR) is 75.8 cm³/mol. The number of rotatable bonds is 0. The molecule has 0 unspecified atom stereocenters. The van der Waals surface area contributed by atoms with Gasteiger partial charge in [-0.3, -0.25) is 0 Å². The Morgan fingerprint density at radius 3 is 1.25 bits per heavy atom. The molecule has 0 aliphatic rings. The standard InChI is InChI=1S/C14H10.2Na.2H/c1-3-7-13-11(5-1)9-10-12-6-2-4-8-14(12)13;;;;/h1-10H;;;;. The fraction of sp³-hybridized carbons (Fsp3) is 0. The zero-order valence-electron chi connectivity index (χ0n) is 7.77. The molecular weight excluding hydrogens is 214 g/mol. The minimum Gasteiger partial charge on any atom is -0.0616 e. The first kappa shape index (κ1) is 14.2. The van der Waals surface area contributed by atoms with Crippen LogP contribution in [0.15, 0.2) is 60.7 Å². The van der Waals surface area contributed by atoms with E-state index in [0.29, 0.717) is 0 Å². The SMILES string of the molecule is [NaH].[NaH].c1ccc2c(c1)ccc1ccccc12. The van der Waals surface area contributed by atoms with Crippen molar-refractivity contribution >= 4 is 80.7 Å². The second kappa shape index (κ2) is 6.20. The Kier molecular flexibility index (Phi) is 5.52. The van der Waals surface area contributed by atoms with Gasteiger partial charge in [0.15, 0.2) is 0 Å². The molecule has 0 aliphatic heterocycles. The van der Waals surface area contributed by atoms with Crippen molar-refractivity contribution in [3.05, 3.63) is 60.7 Å². The Morgan fingerprint density at radius 2 is 0.812 bits per heavy atom. The number of hydrogen-bond acceptors (Lipinski definition) is 0. The average Bonchev–Trinajstić information content (AvgIpc) is 2.29. The monoisotopic (exact) mass is 226 g/mol. The third-order valence-corrected chi connectivity index (χ3v) is 2.65. The van der Waals surface area contributed by atoms with Gasteiger partial charge in [0.2, 0.25) is 0 Å². The Labute approximate surface area is 140 Å². The van der Waals surface area contributed by atoms with Gasteiger partial charge in [-0.25, -0.2) is 0 Å². The summed E-state index contributed by atoms with van der Waals surface area (Å²) < 4.78 is 0. The van der Waals surface area contributed by atoms with E-state index in [1.54, 1.807) is 0 Å². The maximum atomic E-state index is 2.18. The summed E-state index contributed by atoms with van der Waals surface area (Å²) in [5.74, 6) is 0. The molecule has 0 fully saturated rings. The van der Waals surface area contributed by atoms with E-state index < -0.39 is 0 Å². The van der Waals surface area contributed by atoms with Gasteiger partial charge < -0.3 is 0 Å². The molecule has 0 saturated heterocycles. The Hall–Kier alpha value is 0.180. The molecule has 0 aromatic heterocycles. The van der Waals surface area contributed by atoms with E-state index in [1.165, 1.54) is 21.5 Å². The molecule has 0 amide bonds. The van der Waals surface area contributed by atoms with Gasteiger partial charge in [0.25, 0.3) is 0 Å². The van der Waals surface area contributed by atoms with Crippen LogP contribution >= 0.6 is 0 Å². The third kappa shape index (κ3) is 2.53. The van der Waals surface area contributed by atoms with Crippen molar-refractivity contribution in [2.75, 3.05) is 0 Å². The second-order valence-electron chi connectivity index (χ2n) is 3.51. The number of hydrogen-bond donors (Lipinski definition) is 0. The summed E-state index contributed by atoms with van der Waals surface area (Å²) in [6, 6.07) is 21.4. The van der Waals surface area contributed by atoms with Gasteiger partial charge >= 0.3 is 59.1 Å². The summed E-state index contributed by atoms with van der Waals surface area (Å²) in [6.07, 6.45) is 0. The normalized spacial score (nSPS) is 9.50. The summed E-state index contributed by atoms with van der Waals surface area (Å²) in [4.78, 5) is 0. The number of fused-ring (bicyclic) bond motifs is 3. The molecule has 2 heteroatoms. The van der Waals surface area contributed by atoms with Gasteiger partial charge in [-0.2, -0.15) is 0 Å². The first-order chi connectivity index (χ1) is 6.95. The molecule has 3 aromatic rings. The summed E-state index contributed by atoms with van der Waals surface area (Å²) >= 11 is 0. The molecule has 0 N–H and O–H groups in total. The van der Waals surface area contributed by atoms with Gasteiger partial charge in [-0.1, -0.05) is 60.7 Å². The second-order valence-corrected chi connectivity index (χ2v) is 3.51. The molecule has 0 nitrogen and oxygen atoms in total. The first-order valence-corrected chi connectivity index (χ1v) is 4.82. The molecule has 0 saturated carbocycles. The molecule has 0 spiro atoms. The van der Waals surface area contributed by atoms with Gasteiger partial charge in [0.1, 0.15) is 0 Å². The van der Waals surface area contributed by atoms with Gasteiger partial charge in [0, 0.05) is 0 Å². The topological polar surface area (TPSA) is 0 Å². The molecule has 3 rings (SSSR count). The smallest absolute Gasteiger partial charge is 0.0105 e. The fourth-order valence-corrected chi connectivity index (χ4v) is 1.95.